The van der Waals surface area contributed by atoms with Gasteiger partial charge in [-0.15, -0.1) is 0 Å². The molecule has 1 aromatic heterocycles. The maximum Gasteiger partial charge on any atom is 0.338 e. The van der Waals surface area contributed by atoms with E-state index in [4.69, 9.17) is 4.74 Å². The van der Waals surface area contributed by atoms with E-state index in [2.05, 4.69) is 0 Å². The Kier molecular flexibility index (Phi) is 5.24. The normalized spacial score (nSPS) is 17.9. The minimum atomic E-state index is -3.03. The smallest absolute Gasteiger partial charge is 0.338 e. The number of hydrogen-bond donors (Lipinski definition) is 0. The molecule has 1 aliphatic rings. The summed E-state index contributed by atoms with van der Waals surface area (Å²) in [6, 6.07) is 14.5. The van der Waals surface area contributed by atoms with E-state index in [1.807, 2.05) is 41.8 Å². The molecule has 6 nitrogen and oxygen atoms in total. The predicted octanol–water partition coefficient (Wildman–Crippen LogP) is 3.66. The molecule has 0 radical (unpaired) electrons. The largest absolute Gasteiger partial charge is 0.454 e. The summed E-state index contributed by atoms with van der Waals surface area (Å²) in [6.07, 6.45) is 0.545. The van der Waals surface area contributed by atoms with Crippen LogP contribution in [0.3, 0.4) is 0 Å². The van der Waals surface area contributed by atoms with Crippen molar-refractivity contribution in [2.24, 2.45) is 0 Å². The standard InChI is InChI=1S/C23H23NO5S/c1-15-11-21(16(2)24(15)20-9-10-30(27,28)14-20)22(25)13-29-23(26)19-8-7-17-5-3-4-6-18(17)12-19/h3-8,11-12,20H,9-10,13-14H2,1-2H3. The number of carbonyl (C=O) groups is 2. The summed E-state index contributed by atoms with van der Waals surface area (Å²) in [5, 5.41) is 1.94. The van der Waals surface area contributed by atoms with Crippen LogP contribution < -0.4 is 0 Å². The molecule has 1 unspecified atom stereocenters. The average Bonchev–Trinajstić information content (AvgIpc) is 3.23. The van der Waals surface area contributed by atoms with Crippen molar-refractivity contribution in [3.63, 3.8) is 0 Å². The van der Waals surface area contributed by atoms with Crippen LogP contribution in [0.2, 0.25) is 0 Å². The van der Waals surface area contributed by atoms with Crippen LogP contribution in [0.25, 0.3) is 10.8 Å². The summed E-state index contributed by atoms with van der Waals surface area (Å²) in [7, 11) is -3.03. The number of Topliss-reactive ketones (excluding diaryl/α,β-unsaturated/α-hetero) is 1. The first-order valence-electron chi connectivity index (χ1n) is 9.83. The fourth-order valence-electron chi connectivity index (χ4n) is 4.21. The highest BCUT2D eigenvalue weighted by molar-refractivity contribution is 7.91. The van der Waals surface area contributed by atoms with Crippen LogP contribution in [0, 0.1) is 13.8 Å². The Labute approximate surface area is 175 Å². The Hall–Kier alpha value is -2.93. The lowest BCUT2D eigenvalue weighted by Crippen LogP contribution is -2.17. The van der Waals surface area contributed by atoms with Crippen molar-refractivity contribution < 1.29 is 22.7 Å². The number of sulfone groups is 1. The summed E-state index contributed by atoms with van der Waals surface area (Å²) in [5.74, 6) is -0.593. The lowest BCUT2D eigenvalue weighted by Gasteiger charge is -2.16. The molecule has 0 aliphatic carbocycles. The van der Waals surface area contributed by atoms with Gasteiger partial charge in [0, 0.05) is 23.0 Å². The van der Waals surface area contributed by atoms with Crippen molar-refractivity contribution in [1.29, 1.82) is 0 Å². The summed E-state index contributed by atoms with van der Waals surface area (Å²) in [6.45, 7) is 3.30. The Balaban J connectivity index is 1.47. The Morgan fingerprint density at radius 3 is 2.50 bits per heavy atom. The first-order chi connectivity index (χ1) is 14.2. The van der Waals surface area contributed by atoms with Gasteiger partial charge in [-0.25, -0.2) is 13.2 Å². The summed E-state index contributed by atoms with van der Waals surface area (Å²) in [5.41, 5.74) is 2.39. The van der Waals surface area contributed by atoms with Crippen molar-refractivity contribution in [2.75, 3.05) is 18.1 Å². The zero-order chi connectivity index (χ0) is 21.5. The first kappa shape index (κ1) is 20.3. The van der Waals surface area contributed by atoms with Gasteiger partial charge < -0.3 is 9.30 Å². The maximum absolute atomic E-state index is 12.7. The minimum absolute atomic E-state index is 0.0912. The van der Waals surface area contributed by atoms with Crippen LogP contribution in [0.5, 0.6) is 0 Å². The van der Waals surface area contributed by atoms with Gasteiger partial charge in [-0.05, 0) is 49.2 Å². The van der Waals surface area contributed by atoms with Gasteiger partial charge in [-0.1, -0.05) is 30.3 Å². The topological polar surface area (TPSA) is 82.4 Å². The number of nitrogens with zero attached hydrogens (tertiary/aromatic N) is 1. The molecule has 0 spiro atoms. The van der Waals surface area contributed by atoms with E-state index in [1.165, 1.54) is 0 Å². The number of ether oxygens (including phenoxy) is 1. The van der Waals surface area contributed by atoms with Crippen molar-refractivity contribution in [3.05, 3.63) is 71.0 Å². The highest BCUT2D eigenvalue weighted by Crippen LogP contribution is 2.29. The number of aromatic nitrogens is 1. The molecule has 7 heteroatoms. The number of benzene rings is 2. The molecule has 156 valence electrons. The van der Waals surface area contributed by atoms with Crippen molar-refractivity contribution >= 4 is 32.4 Å². The molecule has 2 aromatic carbocycles. The van der Waals surface area contributed by atoms with E-state index >= 15 is 0 Å². The first-order valence-corrected chi connectivity index (χ1v) is 11.7. The molecule has 1 atom stereocenters. The van der Waals surface area contributed by atoms with Crippen molar-refractivity contribution in [1.82, 2.24) is 4.57 Å². The molecular weight excluding hydrogens is 402 g/mol. The van der Waals surface area contributed by atoms with E-state index in [1.54, 1.807) is 25.1 Å². The lowest BCUT2D eigenvalue weighted by atomic mass is 10.1. The van der Waals surface area contributed by atoms with Gasteiger partial charge in [0.15, 0.2) is 16.4 Å². The van der Waals surface area contributed by atoms with Gasteiger partial charge in [-0.3, -0.25) is 4.79 Å². The van der Waals surface area contributed by atoms with Gasteiger partial charge in [0.2, 0.25) is 5.78 Å². The van der Waals surface area contributed by atoms with E-state index in [0.29, 0.717) is 23.2 Å². The van der Waals surface area contributed by atoms with E-state index < -0.39 is 15.8 Å². The molecule has 1 saturated heterocycles. The van der Waals surface area contributed by atoms with Crippen molar-refractivity contribution in [2.45, 2.75) is 26.3 Å². The number of carbonyl (C=O) groups excluding carboxylic acids is 2. The van der Waals surface area contributed by atoms with Crippen LogP contribution in [0.4, 0.5) is 0 Å². The second-order valence-electron chi connectivity index (χ2n) is 7.77. The number of esters is 1. The Morgan fingerprint density at radius 2 is 1.80 bits per heavy atom. The van der Waals surface area contributed by atoms with Crippen LogP contribution in [-0.2, 0) is 14.6 Å². The third-order valence-corrected chi connectivity index (χ3v) is 7.43. The predicted molar refractivity (Wildman–Crippen MR) is 115 cm³/mol. The zero-order valence-corrected chi connectivity index (χ0v) is 17.7. The molecule has 1 aliphatic heterocycles. The summed E-state index contributed by atoms with van der Waals surface area (Å²) >= 11 is 0. The van der Waals surface area contributed by atoms with Crippen LogP contribution in [0.1, 0.15) is 44.6 Å². The van der Waals surface area contributed by atoms with Gasteiger partial charge in [0.05, 0.1) is 17.1 Å². The Bertz CT molecular complexity index is 1260. The molecule has 4 rings (SSSR count). The fourth-order valence-corrected chi connectivity index (χ4v) is 5.91. The van der Waals surface area contributed by atoms with Crippen molar-refractivity contribution in [3.8, 4) is 0 Å². The average molecular weight is 426 g/mol. The second kappa shape index (κ2) is 7.72. The molecule has 3 aromatic rings. The molecular formula is C23H23NO5S. The van der Waals surface area contributed by atoms with E-state index in [-0.39, 0.29) is 29.9 Å². The fraction of sp³-hybridized carbons (Fsp3) is 0.304. The third kappa shape index (κ3) is 3.89. The number of rotatable bonds is 5. The number of fused-ring (bicyclic) bond motifs is 1. The maximum atomic E-state index is 12.7. The minimum Gasteiger partial charge on any atom is -0.454 e. The quantitative estimate of drug-likeness (QED) is 0.460. The molecule has 0 N–H and O–H groups in total. The number of hydrogen-bond acceptors (Lipinski definition) is 5. The van der Waals surface area contributed by atoms with Crippen LogP contribution >= 0.6 is 0 Å². The molecule has 30 heavy (non-hydrogen) atoms. The molecule has 0 amide bonds. The Morgan fingerprint density at radius 1 is 1.07 bits per heavy atom. The number of ketones is 1. The van der Waals surface area contributed by atoms with Gasteiger partial charge in [-0.2, -0.15) is 0 Å². The van der Waals surface area contributed by atoms with Crippen LogP contribution in [0.15, 0.2) is 48.5 Å². The third-order valence-electron chi connectivity index (χ3n) is 5.68. The SMILES string of the molecule is Cc1cc(C(=O)COC(=O)c2ccc3ccccc3c2)c(C)n1C1CCS(=O)(=O)C1. The highest BCUT2D eigenvalue weighted by Gasteiger charge is 2.31. The molecule has 0 saturated carbocycles. The zero-order valence-electron chi connectivity index (χ0n) is 16.9. The molecule has 1 fully saturated rings. The monoisotopic (exact) mass is 425 g/mol. The van der Waals surface area contributed by atoms with E-state index in [9.17, 15) is 18.0 Å². The summed E-state index contributed by atoms with van der Waals surface area (Å²) < 4.78 is 30.8. The van der Waals surface area contributed by atoms with E-state index in [0.717, 1.165) is 16.5 Å². The highest BCUT2D eigenvalue weighted by atomic mass is 32.2. The second-order valence-corrected chi connectivity index (χ2v) is 10.0. The number of aryl methyl sites for hydroxylation is 1. The molecule has 0 bridgehead atoms. The lowest BCUT2D eigenvalue weighted by molar-refractivity contribution is 0.0474. The van der Waals surface area contributed by atoms with Crippen LogP contribution in [-0.4, -0.2) is 42.9 Å². The summed E-state index contributed by atoms with van der Waals surface area (Å²) in [4.78, 5) is 25.1. The van der Waals surface area contributed by atoms with Gasteiger partial charge in [0.25, 0.3) is 0 Å². The van der Waals surface area contributed by atoms with Gasteiger partial charge >= 0.3 is 5.97 Å². The molecule has 2 heterocycles. The van der Waals surface area contributed by atoms with Gasteiger partial charge in [0.1, 0.15) is 0 Å².